The minimum atomic E-state index is 0.320. The van der Waals surface area contributed by atoms with E-state index in [1.807, 2.05) is 6.20 Å². The van der Waals surface area contributed by atoms with Crippen molar-refractivity contribution >= 4 is 5.91 Å². The van der Waals surface area contributed by atoms with Gasteiger partial charge in [0.15, 0.2) is 0 Å². The highest BCUT2D eigenvalue weighted by Gasteiger charge is 2.33. The van der Waals surface area contributed by atoms with Gasteiger partial charge < -0.3 is 9.47 Å². The second kappa shape index (κ2) is 5.82. The number of imidazole rings is 1. The van der Waals surface area contributed by atoms with E-state index in [9.17, 15) is 4.79 Å². The molecule has 2 aliphatic rings. The van der Waals surface area contributed by atoms with Crippen LogP contribution in [0.25, 0.3) is 0 Å². The van der Waals surface area contributed by atoms with E-state index in [-0.39, 0.29) is 0 Å². The Hall–Kier alpha value is -1.32. The van der Waals surface area contributed by atoms with Crippen LogP contribution in [0, 0.1) is 12.8 Å². The van der Waals surface area contributed by atoms with Crippen LogP contribution in [0.2, 0.25) is 0 Å². The molecule has 1 aliphatic carbocycles. The van der Waals surface area contributed by atoms with E-state index in [0.29, 0.717) is 30.2 Å². The minimum absolute atomic E-state index is 0.320. The molecule has 0 aromatic carbocycles. The molecule has 1 aromatic heterocycles. The number of hydrogen-bond acceptors (Lipinski definition) is 2. The van der Waals surface area contributed by atoms with Crippen molar-refractivity contribution in [3.63, 3.8) is 0 Å². The van der Waals surface area contributed by atoms with Crippen molar-refractivity contribution in [1.29, 1.82) is 0 Å². The topological polar surface area (TPSA) is 38.1 Å². The number of likely N-dealkylation sites (tertiary alicyclic amines) is 1. The number of hydrogen-bond donors (Lipinski definition) is 0. The van der Waals surface area contributed by atoms with Gasteiger partial charge in [-0.15, -0.1) is 0 Å². The van der Waals surface area contributed by atoms with Gasteiger partial charge in [0, 0.05) is 37.3 Å². The predicted octanol–water partition coefficient (Wildman–Crippen LogP) is 3.28. The molecule has 1 aliphatic heterocycles. The molecule has 4 heteroatoms. The monoisotopic (exact) mass is 289 g/mol. The molecule has 0 radical (unpaired) electrons. The Morgan fingerprint density at radius 1 is 1.38 bits per heavy atom. The zero-order valence-electron chi connectivity index (χ0n) is 13.5. The first-order valence-corrected chi connectivity index (χ1v) is 8.37. The molecule has 116 valence electrons. The van der Waals surface area contributed by atoms with Crippen LogP contribution in [-0.2, 0) is 4.79 Å². The van der Waals surface area contributed by atoms with Crippen LogP contribution < -0.4 is 0 Å². The maximum Gasteiger partial charge on any atom is 0.222 e. The summed E-state index contributed by atoms with van der Waals surface area (Å²) in [6.45, 7) is 8.17. The summed E-state index contributed by atoms with van der Waals surface area (Å²) in [5, 5.41) is 0. The smallest absolute Gasteiger partial charge is 0.222 e. The van der Waals surface area contributed by atoms with Crippen molar-refractivity contribution < 1.29 is 4.79 Å². The van der Waals surface area contributed by atoms with Gasteiger partial charge in [-0.05, 0) is 38.5 Å². The summed E-state index contributed by atoms with van der Waals surface area (Å²) >= 11 is 0. The second-order valence-corrected chi connectivity index (χ2v) is 7.14. The van der Waals surface area contributed by atoms with Gasteiger partial charge in [-0.2, -0.15) is 0 Å². The number of carbonyl (C=O) groups is 1. The Morgan fingerprint density at radius 3 is 2.81 bits per heavy atom. The zero-order chi connectivity index (χ0) is 15.0. The highest BCUT2D eigenvalue weighted by molar-refractivity contribution is 5.76. The average molecular weight is 289 g/mol. The highest BCUT2D eigenvalue weighted by Crippen LogP contribution is 2.41. The summed E-state index contributed by atoms with van der Waals surface area (Å²) in [4.78, 5) is 19.0. The van der Waals surface area contributed by atoms with Crippen LogP contribution in [-0.4, -0.2) is 33.4 Å². The van der Waals surface area contributed by atoms with Crippen molar-refractivity contribution in [3.05, 3.63) is 17.7 Å². The Labute approximate surface area is 127 Å². The van der Waals surface area contributed by atoms with E-state index in [4.69, 9.17) is 0 Å². The summed E-state index contributed by atoms with van der Waals surface area (Å²) < 4.78 is 2.42. The minimum Gasteiger partial charge on any atom is -0.341 e. The molecule has 1 saturated carbocycles. The fourth-order valence-electron chi connectivity index (χ4n) is 3.45. The van der Waals surface area contributed by atoms with Gasteiger partial charge in [0.05, 0.1) is 6.04 Å². The van der Waals surface area contributed by atoms with E-state index in [1.165, 1.54) is 30.8 Å². The highest BCUT2D eigenvalue weighted by atomic mass is 16.2. The number of carbonyl (C=O) groups excluding carboxylic acids is 1. The van der Waals surface area contributed by atoms with E-state index >= 15 is 0 Å². The van der Waals surface area contributed by atoms with Crippen molar-refractivity contribution in [1.82, 2.24) is 14.5 Å². The standard InChI is InChI=1S/C17H27N3O/c1-12(2)9-16(21)19-8-4-5-15(11-19)20-13(3)10-18-17(20)14-6-7-14/h10,12,14-15H,4-9,11H2,1-3H3. The molecule has 4 nitrogen and oxygen atoms in total. The van der Waals surface area contributed by atoms with Crippen LogP contribution in [0.1, 0.15) is 69.4 Å². The normalized spacial score (nSPS) is 22.9. The number of aryl methyl sites for hydroxylation is 1. The van der Waals surface area contributed by atoms with Crippen LogP contribution >= 0.6 is 0 Å². The van der Waals surface area contributed by atoms with Crippen molar-refractivity contribution in [2.75, 3.05) is 13.1 Å². The summed E-state index contributed by atoms with van der Waals surface area (Å²) in [6, 6.07) is 0.424. The lowest BCUT2D eigenvalue weighted by molar-refractivity contribution is -0.133. The molecule has 2 fully saturated rings. The third-order valence-electron chi connectivity index (χ3n) is 4.65. The van der Waals surface area contributed by atoms with Gasteiger partial charge in [-0.1, -0.05) is 13.8 Å². The van der Waals surface area contributed by atoms with Gasteiger partial charge in [0.1, 0.15) is 5.82 Å². The Morgan fingerprint density at radius 2 is 2.14 bits per heavy atom. The lowest BCUT2D eigenvalue weighted by Crippen LogP contribution is -2.41. The van der Waals surface area contributed by atoms with E-state index in [2.05, 4.69) is 35.2 Å². The molecule has 1 aromatic rings. The molecule has 1 atom stereocenters. The third-order valence-corrected chi connectivity index (χ3v) is 4.65. The molecule has 0 N–H and O–H groups in total. The molecule has 21 heavy (non-hydrogen) atoms. The summed E-state index contributed by atoms with van der Waals surface area (Å²) in [5.41, 5.74) is 1.25. The van der Waals surface area contributed by atoms with Crippen molar-refractivity contribution in [3.8, 4) is 0 Å². The van der Waals surface area contributed by atoms with Gasteiger partial charge in [-0.25, -0.2) is 4.98 Å². The van der Waals surface area contributed by atoms with Crippen LogP contribution in [0.4, 0.5) is 0 Å². The van der Waals surface area contributed by atoms with Crippen LogP contribution in [0.15, 0.2) is 6.20 Å². The molecular formula is C17H27N3O. The lowest BCUT2D eigenvalue weighted by Gasteiger charge is -2.35. The largest absolute Gasteiger partial charge is 0.341 e. The fourth-order valence-corrected chi connectivity index (χ4v) is 3.45. The molecule has 1 unspecified atom stereocenters. The number of aromatic nitrogens is 2. The second-order valence-electron chi connectivity index (χ2n) is 7.14. The van der Waals surface area contributed by atoms with E-state index in [1.54, 1.807) is 0 Å². The maximum absolute atomic E-state index is 12.3. The molecule has 2 heterocycles. The van der Waals surface area contributed by atoms with Crippen molar-refractivity contribution in [2.24, 2.45) is 5.92 Å². The lowest BCUT2D eigenvalue weighted by atomic mass is 10.0. The molecule has 0 spiro atoms. The quantitative estimate of drug-likeness (QED) is 0.853. The van der Waals surface area contributed by atoms with Crippen molar-refractivity contribution in [2.45, 2.75) is 64.8 Å². The first kappa shape index (κ1) is 14.6. The average Bonchev–Trinajstić information content (AvgIpc) is 3.21. The Bertz CT molecular complexity index is 516. The maximum atomic E-state index is 12.3. The SMILES string of the molecule is Cc1cnc(C2CC2)n1C1CCCN(C(=O)CC(C)C)C1. The predicted molar refractivity (Wildman–Crippen MR) is 83.2 cm³/mol. The molecular weight excluding hydrogens is 262 g/mol. The summed E-state index contributed by atoms with van der Waals surface area (Å²) in [7, 11) is 0. The molecule has 3 rings (SSSR count). The van der Waals surface area contributed by atoms with Crippen LogP contribution in [0.3, 0.4) is 0 Å². The molecule has 1 saturated heterocycles. The van der Waals surface area contributed by atoms with Gasteiger partial charge in [0.2, 0.25) is 5.91 Å². The summed E-state index contributed by atoms with van der Waals surface area (Å²) in [6.07, 6.45) is 7.50. The number of nitrogens with zero attached hydrogens (tertiary/aromatic N) is 3. The van der Waals surface area contributed by atoms with Gasteiger partial charge in [-0.3, -0.25) is 4.79 Å². The molecule has 1 amide bonds. The van der Waals surface area contributed by atoms with Gasteiger partial charge in [0.25, 0.3) is 0 Å². The van der Waals surface area contributed by atoms with Gasteiger partial charge >= 0.3 is 0 Å². The zero-order valence-corrected chi connectivity index (χ0v) is 13.5. The van der Waals surface area contributed by atoms with Crippen LogP contribution in [0.5, 0.6) is 0 Å². The number of piperidine rings is 1. The Kier molecular flexibility index (Phi) is 4.05. The fraction of sp³-hybridized carbons (Fsp3) is 0.765. The Balaban J connectivity index is 1.74. The van der Waals surface area contributed by atoms with E-state index in [0.717, 1.165) is 19.5 Å². The third kappa shape index (κ3) is 3.14. The number of rotatable bonds is 4. The van der Waals surface area contributed by atoms with E-state index < -0.39 is 0 Å². The molecule has 0 bridgehead atoms. The first-order valence-electron chi connectivity index (χ1n) is 8.37. The number of amides is 1. The summed E-state index contributed by atoms with van der Waals surface area (Å²) in [5.74, 6) is 2.69. The first-order chi connectivity index (χ1) is 10.1.